The third-order valence-corrected chi connectivity index (χ3v) is 4.86. The number of carbonyl (C=O) groups excluding carboxylic acids is 4. The van der Waals surface area contributed by atoms with Crippen LogP contribution in [0.2, 0.25) is 0 Å². The molecule has 1 aliphatic heterocycles. The molecule has 2 aromatic rings. The monoisotopic (exact) mass is 400 g/mol. The predicted octanol–water partition coefficient (Wildman–Crippen LogP) is 1.85. The van der Waals surface area contributed by atoms with Crippen LogP contribution in [-0.4, -0.2) is 43.2 Å². The summed E-state index contributed by atoms with van der Waals surface area (Å²) < 4.78 is 9.94. The number of anilines is 1. The molecule has 0 saturated carbocycles. The van der Waals surface area contributed by atoms with E-state index in [1.165, 1.54) is 37.1 Å². The Bertz CT molecular complexity index is 942. The highest BCUT2D eigenvalue weighted by atomic mass is 32.2. The summed E-state index contributed by atoms with van der Waals surface area (Å²) in [5.41, 5.74) is 0.981. The van der Waals surface area contributed by atoms with Crippen molar-refractivity contribution in [3.05, 3.63) is 53.6 Å². The van der Waals surface area contributed by atoms with Crippen molar-refractivity contribution < 1.29 is 28.7 Å². The van der Waals surface area contributed by atoms with Gasteiger partial charge in [0.15, 0.2) is 6.61 Å². The topological polar surface area (TPSA) is 111 Å². The number of fused-ring (bicyclic) bond motifs is 1. The molecule has 0 radical (unpaired) electrons. The first-order chi connectivity index (χ1) is 13.5. The van der Waals surface area contributed by atoms with Gasteiger partial charge in [-0.05, 0) is 42.5 Å². The zero-order valence-corrected chi connectivity index (χ0v) is 15.6. The molecule has 0 atom stereocenters. The van der Waals surface area contributed by atoms with Crippen LogP contribution in [0.3, 0.4) is 0 Å². The number of benzene rings is 2. The van der Waals surface area contributed by atoms with Crippen LogP contribution < -0.4 is 15.4 Å². The average molecular weight is 400 g/mol. The molecular weight excluding hydrogens is 384 g/mol. The molecule has 0 aliphatic carbocycles. The van der Waals surface area contributed by atoms with E-state index in [4.69, 9.17) is 9.47 Å². The van der Waals surface area contributed by atoms with Gasteiger partial charge in [0, 0.05) is 10.5 Å². The van der Waals surface area contributed by atoms with Gasteiger partial charge in [-0.15, -0.1) is 11.8 Å². The number of thioether (sulfide) groups is 1. The lowest BCUT2D eigenvalue weighted by Crippen LogP contribution is -2.34. The van der Waals surface area contributed by atoms with Gasteiger partial charge >= 0.3 is 5.97 Å². The number of methoxy groups -OCH3 is 1. The molecule has 3 amide bonds. The number of rotatable bonds is 5. The van der Waals surface area contributed by atoms with E-state index in [2.05, 4.69) is 10.6 Å². The van der Waals surface area contributed by atoms with Gasteiger partial charge in [0.05, 0.1) is 24.1 Å². The van der Waals surface area contributed by atoms with Crippen LogP contribution >= 0.6 is 11.8 Å². The first kappa shape index (κ1) is 19.4. The second kappa shape index (κ2) is 8.57. The summed E-state index contributed by atoms with van der Waals surface area (Å²) in [5.74, 6) is -1.36. The van der Waals surface area contributed by atoms with Gasteiger partial charge in [-0.25, -0.2) is 4.79 Å². The van der Waals surface area contributed by atoms with Crippen LogP contribution in [-0.2, 0) is 14.3 Å². The zero-order valence-electron chi connectivity index (χ0n) is 14.8. The molecule has 9 heteroatoms. The Kier molecular flexibility index (Phi) is 5.95. The Morgan fingerprint density at radius 2 is 1.82 bits per heavy atom. The smallest absolute Gasteiger partial charge is 0.338 e. The van der Waals surface area contributed by atoms with Crippen molar-refractivity contribution in [3.8, 4) is 5.75 Å². The number of carbonyl (C=O) groups is 4. The maximum atomic E-state index is 12.1. The summed E-state index contributed by atoms with van der Waals surface area (Å²) in [6.07, 6.45) is 0. The Hall–Kier alpha value is -3.33. The third-order valence-electron chi connectivity index (χ3n) is 3.79. The predicted molar refractivity (Wildman–Crippen MR) is 102 cm³/mol. The molecule has 28 heavy (non-hydrogen) atoms. The molecule has 0 bridgehead atoms. The number of ether oxygens (including phenoxy) is 2. The van der Waals surface area contributed by atoms with E-state index in [-0.39, 0.29) is 17.0 Å². The second-order valence-corrected chi connectivity index (χ2v) is 6.75. The minimum Gasteiger partial charge on any atom is -0.497 e. The molecule has 2 aromatic carbocycles. The molecule has 1 aliphatic rings. The van der Waals surface area contributed by atoms with E-state index in [0.717, 1.165) is 4.90 Å². The van der Waals surface area contributed by atoms with Crippen molar-refractivity contribution in [1.29, 1.82) is 0 Å². The van der Waals surface area contributed by atoms with Crippen LogP contribution in [0.1, 0.15) is 20.7 Å². The molecule has 144 valence electrons. The summed E-state index contributed by atoms with van der Waals surface area (Å²) in [7, 11) is 1.50. The maximum absolute atomic E-state index is 12.1. The summed E-state index contributed by atoms with van der Waals surface area (Å²) in [5, 5.41) is 4.81. The Balaban J connectivity index is 1.54. The molecule has 8 nitrogen and oxygen atoms in total. The third kappa shape index (κ3) is 4.68. The minimum atomic E-state index is -0.754. The van der Waals surface area contributed by atoms with Crippen molar-refractivity contribution in [2.24, 2.45) is 0 Å². The lowest BCUT2D eigenvalue weighted by Gasteiger charge is -2.16. The number of hydrogen-bond acceptors (Lipinski definition) is 7. The van der Waals surface area contributed by atoms with Crippen LogP contribution in [0, 0.1) is 0 Å². The summed E-state index contributed by atoms with van der Waals surface area (Å²) in [6.45, 7) is -0.612. The minimum absolute atomic E-state index is 0.153. The summed E-state index contributed by atoms with van der Waals surface area (Å²) in [6, 6.07) is 10.9. The van der Waals surface area contributed by atoms with Gasteiger partial charge in [0.25, 0.3) is 11.8 Å². The fraction of sp³-hybridized carbons (Fsp3) is 0.158. The van der Waals surface area contributed by atoms with E-state index >= 15 is 0 Å². The number of amides is 3. The first-order valence-corrected chi connectivity index (χ1v) is 9.17. The van der Waals surface area contributed by atoms with Crippen molar-refractivity contribution >= 4 is 41.1 Å². The van der Waals surface area contributed by atoms with Crippen LogP contribution in [0.25, 0.3) is 0 Å². The lowest BCUT2D eigenvalue weighted by atomic mass is 10.2. The molecule has 1 heterocycles. The molecule has 0 fully saturated rings. The van der Waals surface area contributed by atoms with Gasteiger partial charge in [-0.2, -0.15) is 0 Å². The first-order valence-electron chi connectivity index (χ1n) is 8.18. The van der Waals surface area contributed by atoms with Gasteiger partial charge < -0.3 is 14.8 Å². The largest absolute Gasteiger partial charge is 0.497 e. The maximum Gasteiger partial charge on any atom is 0.338 e. The molecular formula is C19H16N2O6S. The summed E-state index contributed by atoms with van der Waals surface area (Å²) in [4.78, 5) is 48.3. The highest BCUT2D eigenvalue weighted by Gasteiger charge is 2.19. The number of nitrogens with one attached hydrogen (secondary N) is 2. The number of imide groups is 1. The second-order valence-electron chi connectivity index (χ2n) is 5.73. The average Bonchev–Trinajstić information content (AvgIpc) is 2.71. The van der Waals surface area contributed by atoms with E-state index in [1.807, 2.05) is 0 Å². The van der Waals surface area contributed by atoms with Gasteiger partial charge in [0.1, 0.15) is 5.75 Å². The molecule has 3 rings (SSSR count). The van der Waals surface area contributed by atoms with Crippen molar-refractivity contribution in [1.82, 2.24) is 5.32 Å². The normalized spacial score (nSPS) is 12.4. The van der Waals surface area contributed by atoms with Crippen LogP contribution in [0.15, 0.2) is 47.4 Å². The molecule has 0 saturated heterocycles. The number of esters is 1. The van der Waals surface area contributed by atoms with E-state index in [1.54, 1.807) is 24.3 Å². The summed E-state index contributed by atoms with van der Waals surface area (Å²) >= 11 is 1.37. The molecule has 0 unspecified atom stereocenters. The van der Waals surface area contributed by atoms with Crippen molar-refractivity contribution in [2.75, 3.05) is 24.8 Å². The molecule has 0 aromatic heterocycles. The number of hydrogen-bond donors (Lipinski definition) is 2. The van der Waals surface area contributed by atoms with Crippen molar-refractivity contribution in [2.45, 2.75) is 4.90 Å². The SMILES string of the molecule is COc1ccc(C(=O)NC(=O)COC(=O)c2ccc3c(c2)NC(=O)CS3)cc1. The van der Waals surface area contributed by atoms with Gasteiger partial charge in [-0.3, -0.25) is 19.7 Å². The van der Waals surface area contributed by atoms with E-state index in [9.17, 15) is 19.2 Å². The standard InChI is InChI=1S/C19H16N2O6S/c1-26-13-5-2-11(3-6-13)18(24)21-16(22)9-27-19(25)12-4-7-15-14(8-12)20-17(23)10-28-15/h2-8H,9-10H2,1H3,(H,20,23)(H,21,22,24). The zero-order chi connectivity index (χ0) is 20.1. The Morgan fingerprint density at radius 3 is 2.54 bits per heavy atom. The quantitative estimate of drug-likeness (QED) is 0.737. The van der Waals surface area contributed by atoms with Crippen molar-refractivity contribution in [3.63, 3.8) is 0 Å². The highest BCUT2D eigenvalue weighted by Crippen LogP contribution is 2.32. The fourth-order valence-electron chi connectivity index (χ4n) is 2.40. The highest BCUT2D eigenvalue weighted by molar-refractivity contribution is 8.00. The van der Waals surface area contributed by atoms with Crippen LogP contribution in [0.5, 0.6) is 5.75 Å². The Morgan fingerprint density at radius 1 is 1.11 bits per heavy atom. The van der Waals surface area contributed by atoms with Gasteiger partial charge in [-0.1, -0.05) is 0 Å². The van der Waals surface area contributed by atoms with E-state index in [0.29, 0.717) is 17.2 Å². The van der Waals surface area contributed by atoms with Crippen LogP contribution in [0.4, 0.5) is 5.69 Å². The van der Waals surface area contributed by atoms with Gasteiger partial charge in [0.2, 0.25) is 5.91 Å². The molecule has 2 N–H and O–H groups in total. The fourth-order valence-corrected chi connectivity index (χ4v) is 3.19. The van der Waals surface area contributed by atoms with E-state index < -0.39 is 24.4 Å². The Labute approximate surface area is 164 Å². The lowest BCUT2D eigenvalue weighted by molar-refractivity contribution is -0.123. The molecule has 0 spiro atoms.